The molecule has 0 heterocycles. The van der Waals surface area contributed by atoms with E-state index >= 15 is 0 Å². The topological polar surface area (TPSA) is 20.2 Å². The molecule has 0 amide bonds. The van der Waals surface area contributed by atoms with Gasteiger partial charge in [0.15, 0.2) is 0 Å². The lowest BCUT2D eigenvalue weighted by Gasteiger charge is -2.31. The molecule has 0 bridgehead atoms. The van der Waals surface area contributed by atoms with Gasteiger partial charge in [-0.1, -0.05) is 19.4 Å². The summed E-state index contributed by atoms with van der Waals surface area (Å²) >= 11 is 0. The highest BCUT2D eigenvalue weighted by atomic mass is 16.3. The molecule has 1 N–H and O–H groups in total. The molecular weight excluding hydrogens is 148 g/mol. The first-order valence-corrected chi connectivity index (χ1v) is 4.97. The van der Waals surface area contributed by atoms with Gasteiger partial charge in [-0.2, -0.15) is 0 Å². The van der Waals surface area contributed by atoms with Gasteiger partial charge in [-0.15, -0.1) is 0 Å². The Balaban J connectivity index is 2.20. The summed E-state index contributed by atoms with van der Waals surface area (Å²) in [6.07, 6.45) is 5.67. The van der Waals surface area contributed by atoms with Crippen molar-refractivity contribution in [1.29, 1.82) is 0 Å². The minimum absolute atomic E-state index is 0.0869. The molecule has 0 saturated heterocycles. The van der Waals surface area contributed by atoms with E-state index in [1.807, 2.05) is 0 Å². The molecule has 0 aromatic heterocycles. The smallest absolute Gasteiger partial charge is 0.0755 e. The highest BCUT2D eigenvalue weighted by Gasteiger charge is 2.32. The van der Waals surface area contributed by atoms with Crippen molar-refractivity contribution in [3.05, 3.63) is 11.1 Å². The van der Waals surface area contributed by atoms with Crippen molar-refractivity contribution in [3.63, 3.8) is 0 Å². The number of hydrogen-bond acceptors (Lipinski definition) is 1. The summed E-state index contributed by atoms with van der Waals surface area (Å²) in [5, 5.41) is 9.64. The maximum Gasteiger partial charge on any atom is 0.0755 e. The van der Waals surface area contributed by atoms with Crippen molar-refractivity contribution < 1.29 is 5.11 Å². The van der Waals surface area contributed by atoms with Crippen molar-refractivity contribution in [1.82, 2.24) is 0 Å². The number of rotatable bonds is 0. The van der Waals surface area contributed by atoms with Gasteiger partial charge in [0.1, 0.15) is 0 Å². The zero-order valence-electron chi connectivity index (χ0n) is 8.06. The first-order valence-electron chi connectivity index (χ1n) is 4.97. The van der Waals surface area contributed by atoms with Crippen LogP contribution >= 0.6 is 0 Å². The van der Waals surface area contributed by atoms with Gasteiger partial charge < -0.3 is 5.11 Å². The van der Waals surface area contributed by atoms with E-state index in [9.17, 15) is 5.11 Å². The molecule has 12 heavy (non-hydrogen) atoms. The van der Waals surface area contributed by atoms with Gasteiger partial charge in [-0.05, 0) is 43.1 Å². The molecule has 0 aromatic rings. The minimum atomic E-state index is -0.0869. The van der Waals surface area contributed by atoms with Crippen molar-refractivity contribution in [2.24, 2.45) is 5.41 Å². The second-order valence-electron chi connectivity index (χ2n) is 5.02. The molecule has 2 rings (SSSR count). The fourth-order valence-corrected chi connectivity index (χ4v) is 2.57. The zero-order valence-corrected chi connectivity index (χ0v) is 8.06. The highest BCUT2D eigenvalue weighted by molar-refractivity contribution is 5.27. The Morgan fingerprint density at radius 3 is 2.83 bits per heavy atom. The Morgan fingerprint density at radius 2 is 2.08 bits per heavy atom. The zero-order chi connectivity index (χ0) is 8.77. The van der Waals surface area contributed by atoms with Gasteiger partial charge in [0, 0.05) is 0 Å². The lowest BCUT2D eigenvalue weighted by Crippen LogP contribution is -2.19. The van der Waals surface area contributed by atoms with E-state index in [2.05, 4.69) is 13.8 Å². The number of aliphatic hydroxyl groups excluding tert-OH is 1. The predicted molar refractivity (Wildman–Crippen MR) is 49.9 cm³/mol. The quantitative estimate of drug-likeness (QED) is 0.548. The summed E-state index contributed by atoms with van der Waals surface area (Å²) in [7, 11) is 0. The van der Waals surface area contributed by atoms with E-state index < -0.39 is 0 Å². The monoisotopic (exact) mass is 166 g/mol. The maximum absolute atomic E-state index is 9.64. The Bertz CT molecular complexity index is 225. The number of hydrogen-bond donors (Lipinski definition) is 1. The third-order valence-corrected chi connectivity index (χ3v) is 3.34. The van der Waals surface area contributed by atoms with Gasteiger partial charge >= 0.3 is 0 Å². The number of allylic oxidation sites excluding steroid dienone is 1. The van der Waals surface area contributed by atoms with Crippen LogP contribution in [0.2, 0.25) is 0 Å². The van der Waals surface area contributed by atoms with Crippen molar-refractivity contribution >= 4 is 0 Å². The van der Waals surface area contributed by atoms with Crippen LogP contribution in [0.15, 0.2) is 11.1 Å². The van der Waals surface area contributed by atoms with Crippen LogP contribution in [0.4, 0.5) is 0 Å². The van der Waals surface area contributed by atoms with Gasteiger partial charge in [0.05, 0.1) is 6.10 Å². The first kappa shape index (κ1) is 8.31. The molecular formula is C11H18O. The van der Waals surface area contributed by atoms with E-state index in [4.69, 9.17) is 0 Å². The Labute approximate surface area is 74.5 Å². The average molecular weight is 166 g/mol. The molecule has 0 spiro atoms. The van der Waals surface area contributed by atoms with Crippen LogP contribution in [0.25, 0.3) is 0 Å². The molecule has 1 heteroatoms. The largest absolute Gasteiger partial charge is 0.389 e. The summed E-state index contributed by atoms with van der Waals surface area (Å²) in [5.74, 6) is 0. The van der Waals surface area contributed by atoms with Crippen molar-refractivity contribution in [3.8, 4) is 0 Å². The molecule has 0 fully saturated rings. The highest BCUT2D eigenvalue weighted by Crippen LogP contribution is 2.45. The van der Waals surface area contributed by atoms with Crippen LogP contribution in [0, 0.1) is 5.41 Å². The van der Waals surface area contributed by atoms with Crippen LogP contribution in [0.3, 0.4) is 0 Å². The van der Waals surface area contributed by atoms with Crippen LogP contribution in [0.5, 0.6) is 0 Å². The van der Waals surface area contributed by atoms with Crippen LogP contribution in [-0.2, 0) is 0 Å². The molecule has 1 atom stereocenters. The molecule has 2 aliphatic carbocycles. The van der Waals surface area contributed by atoms with E-state index in [0.29, 0.717) is 5.41 Å². The van der Waals surface area contributed by atoms with Crippen molar-refractivity contribution in [2.45, 2.75) is 52.1 Å². The van der Waals surface area contributed by atoms with E-state index in [0.717, 1.165) is 19.3 Å². The third-order valence-electron chi connectivity index (χ3n) is 3.34. The minimum Gasteiger partial charge on any atom is -0.389 e. The third kappa shape index (κ3) is 1.31. The Hall–Kier alpha value is -0.300. The average Bonchev–Trinajstić information content (AvgIpc) is 2.30. The van der Waals surface area contributed by atoms with Crippen molar-refractivity contribution in [2.75, 3.05) is 0 Å². The molecule has 0 aliphatic heterocycles. The molecule has 0 radical (unpaired) electrons. The fraction of sp³-hybridized carbons (Fsp3) is 0.818. The van der Waals surface area contributed by atoms with Gasteiger partial charge in [-0.3, -0.25) is 0 Å². The molecule has 1 nitrogen and oxygen atoms in total. The Morgan fingerprint density at radius 1 is 1.33 bits per heavy atom. The van der Waals surface area contributed by atoms with Crippen LogP contribution in [0.1, 0.15) is 46.0 Å². The fourth-order valence-electron chi connectivity index (χ4n) is 2.57. The first-order chi connectivity index (χ1) is 5.58. The molecule has 0 saturated carbocycles. The molecule has 68 valence electrons. The summed E-state index contributed by atoms with van der Waals surface area (Å²) in [6, 6.07) is 0. The second-order valence-corrected chi connectivity index (χ2v) is 5.02. The normalized spacial score (nSPS) is 33.8. The molecule has 0 unspecified atom stereocenters. The predicted octanol–water partition coefficient (Wildman–Crippen LogP) is 2.65. The molecule has 2 aliphatic rings. The van der Waals surface area contributed by atoms with E-state index in [1.165, 1.54) is 18.4 Å². The number of aliphatic hydroxyl groups is 1. The maximum atomic E-state index is 9.64. The van der Waals surface area contributed by atoms with Crippen LogP contribution < -0.4 is 0 Å². The summed E-state index contributed by atoms with van der Waals surface area (Å²) in [4.78, 5) is 0. The summed E-state index contributed by atoms with van der Waals surface area (Å²) in [6.45, 7) is 4.67. The van der Waals surface area contributed by atoms with Gasteiger partial charge in [-0.25, -0.2) is 0 Å². The van der Waals surface area contributed by atoms with Gasteiger partial charge in [0.2, 0.25) is 0 Å². The lowest BCUT2D eigenvalue weighted by molar-refractivity contribution is 0.201. The summed E-state index contributed by atoms with van der Waals surface area (Å²) < 4.78 is 0. The van der Waals surface area contributed by atoms with E-state index in [1.54, 1.807) is 5.57 Å². The van der Waals surface area contributed by atoms with Gasteiger partial charge in [0.25, 0.3) is 0 Å². The second kappa shape index (κ2) is 2.59. The van der Waals surface area contributed by atoms with E-state index in [-0.39, 0.29) is 6.10 Å². The lowest BCUT2D eigenvalue weighted by atomic mass is 9.75. The summed E-state index contributed by atoms with van der Waals surface area (Å²) in [5.41, 5.74) is 3.44. The molecule has 0 aromatic carbocycles. The SMILES string of the molecule is CC1(C)CCC2=C(CC[C@@H]2O)C1. The Kier molecular flexibility index (Phi) is 1.80. The van der Waals surface area contributed by atoms with Crippen LogP contribution in [-0.4, -0.2) is 11.2 Å². The standard InChI is InChI=1S/C11H18O/c1-11(2)6-5-9-8(7-11)3-4-10(9)12/h10,12H,3-7H2,1-2H3/t10-/m0/s1.